The Morgan fingerprint density at radius 1 is 1.42 bits per heavy atom. The van der Waals surface area contributed by atoms with Crippen LogP contribution >= 0.6 is 11.6 Å². The second-order valence-electron chi connectivity index (χ2n) is 6.10. The smallest absolute Gasteiger partial charge is 0.254 e. The van der Waals surface area contributed by atoms with Crippen molar-refractivity contribution in [3.63, 3.8) is 0 Å². The van der Waals surface area contributed by atoms with Crippen LogP contribution in [0.2, 0.25) is 5.02 Å². The number of amides is 1. The Morgan fingerprint density at radius 3 is 2.89 bits per heavy atom. The molecule has 3 rings (SSSR count). The first kappa shape index (κ1) is 12.9. The van der Waals surface area contributed by atoms with Gasteiger partial charge in [0.15, 0.2) is 0 Å². The molecule has 4 heteroatoms. The molecule has 2 saturated heterocycles. The largest absolute Gasteiger partial charge is 0.333 e. The van der Waals surface area contributed by atoms with Crippen molar-refractivity contribution in [2.75, 3.05) is 19.6 Å². The summed E-state index contributed by atoms with van der Waals surface area (Å²) in [5.41, 5.74) is 0.599. The van der Waals surface area contributed by atoms with Gasteiger partial charge in [-0.05, 0) is 43.9 Å². The van der Waals surface area contributed by atoms with Crippen molar-refractivity contribution in [2.45, 2.75) is 19.4 Å². The summed E-state index contributed by atoms with van der Waals surface area (Å²) in [7, 11) is 0. The first-order chi connectivity index (χ1) is 9.00. The van der Waals surface area contributed by atoms with Gasteiger partial charge in [-0.2, -0.15) is 0 Å². The highest BCUT2D eigenvalue weighted by atomic mass is 35.5. The lowest BCUT2D eigenvalue weighted by atomic mass is 9.84. The standard InChI is InChI=1S/C15H19ClN2O/c1-15(2)13-8-17-7-11(13)9-18(15)14(19)10-4-3-5-12(16)6-10/h3-6,11,13,17H,7-9H2,1-2H3. The van der Waals surface area contributed by atoms with Crippen LogP contribution in [0.3, 0.4) is 0 Å². The number of nitrogens with zero attached hydrogens (tertiary/aromatic N) is 1. The molecular weight excluding hydrogens is 260 g/mol. The monoisotopic (exact) mass is 278 g/mol. The molecule has 0 aliphatic carbocycles. The van der Waals surface area contributed by atoms with E-state index in [0.29, 0.717) is 22.4 Å². The van der Waals surface area contributed by atoms with E-state index in [1.54, 1.807) is 12.1 Å². The first-order valence-electron chi connectivity index (χ1n) is 6.78. The van der Waals surface area contributed by atoms with E-state index < -0.39 is 0 Å². The first-order valence-corrected chi connectivity index (χ1v) is 7.16. The minimum absolute atomic E-state index is 0.0897. The third kappa shape index (κ3) is 2.05. The number of likely N-dealkylation sites (tertiary alicyclic amines) is 1. The maximum Gasteiger partial charge on any atom is 0.254 e. The van der Waals surface area contributed by atoms with Crippen LogP contribution in [0, 0.1) is 11.8 Å². The normalized spacial score (nSPS) is 28.5. The molecule has 2 unspecified atom stereocenters. The zero-order valence-corrected chi connectivity index (χ0v) is 12.1. The predicted octanol–water partition coefficient (Wildman–Crippen LogP) is 2.41. The zero-order chi connectivity index (χ0) is 13.6. The summed E-state index contributed by atoms with van der Waals surface area (Å²) in [6.07, 6.45) is 0. The van der Waals surface area contributed by atoms with E-state index in [-0.39, 0.29) is 11.4 Å². The summed E-state index contributed by atoms with van der Waals surface area (Å²) in [6.45, 7) is 7.22. The summed E-state index contributed by atoms with van der Waals surface area (Å²) in [5, 5.41) is 4.04. The van der Waals surface area contributed by atoms with Crippen molar-refractivity contribution < 1.29 is 4.79 Å². The number of carbonyl (C=O) groups is 1. The predicted molar refractivity (Wildman–Crippen MR) is 76.4 cm³/mol. The highest BCUT2D eigenvalue weighted by Gasteiger charge is 2.51. The van der Waals surface area contributed by atoms with Crippen LogP contribution in [0.5, 0.6) is 0 Å². The van der Waals surface area contributed by atoms with Gasteiger partial charge in [-0.15, -0.1) is 0 Å². The summed E-state index contributed by atoms with van der Waals surface area (Å²) in [6, 6.07) is 7.23. The van der Waals surface area contributed by atoms with E-state index >= 15 is 0 Å². The molecule has 0 radical (unpaired) electrons. The Kier molecular flexibility index (Phi) is 3.06. The summed E-state index contributed by atoms with van der Waals surface area (Å²) in [5.74, 6) is 1.23. The lowest BCUT2D eigenvalue weighted by Crippen LogP contribution is -2.47. The molecule has 3 nitrogen and oxygen atoms in total. The Bertz CT molecular complexity index is 515. The molecule has 1 N–H and O–H groups in total. The Morgan fingerprint density at radius 2 is 2.21 bits per heavy atom. The average molecular weight is 279 g/mol. The average Bonchev–Trinajstić information content (AvgIpc) is 2.91. The molecule has 1 aromatic rings. The van der Waals surface area contributed by atoms with Crippen molar-refractivity contribution in [1.82, 2.24) is 10.2 Å². The number of fused-ring (bicyclic) bond motifs is 1. The van der Waals surface area contributed by atoms with E-state index in [0.717, 1.165) is 19.6 Å². The number of carbonyl (C=O) groups excluding carboxylic acids is 1. The van der Waals surface area contributed by atoms with Gasteiger partial charge in [0.05, 0.1) is 0 Å². The van der Waals surface area contributed by atoms with Crippen molar-refractivity contribution in [1.29, 1.82) is 0 Å². The summed E-state index contributed by atoms with van der Waals surface area (Å²) >= 11 is 5.98. The fourth-order valence-electron chi connectivity index (χ4n) is 3.54. The van der Waals surface area contributed by atoms with Crippen molar-refractivity contribution >= 4 is 17.5 Å². The van der Waals surface area contributed by atoms with Gasteiger partial charge in [-0.1, -0.05) is 17.7 Å². The minimum Gasteiger partial charge on any atom is -0.333 e. The highest BCUT2D eigenvalue weighted by Crippen LogP contribution is 2.41. The molecule has 2 aliphatic rings. The highest BCUT2D eigenvalue weighted by molar-refractivity contribution is 6.30. The van der Waals surface area contributed by atoms with Gasteiger partial charge < -0.3 is 10.2 Å². The van der Waals surface area contributed by atoms with E-state index in [4.69, 9.17) is 11.6 Å². The summed E-state index contributed by atoms with van der Waals surface area (Å²) in [4.78, 5) is 14.7. The van der Waals surface area contributed by atoms with E-state index in [1.807, 2.05) is 17.0 Å². The van der Waals surface area contributed by atoms with Crippen molar-refractivity contribution in [3.05, 3.63) is 34.9 Å². The molecule has 1 amide bonds. The summed E-state index contributed by atoms with van der Waals surface area (Å²) < 4.78 is 0. The van der Waals surface area contributed by atoms with Gasteiger partial charge in [0.2, 0.25) is 0 Å². The fraction of sp³-hybridized carbons (Fsp3) is 0.533. The molecular formula is C15H19ClN2O. The van der Waals surface area contributed by atoms with Gasteiger partial charge in [0.25, 0.3) is 5.91 Å². The second kappa shape index (κ2) is 4.50. The van der Waals surface area contributed by atoms with E-state index in [2.05, 4.69) is 19.2 Å². The van der Waals surface area contributed by atoms with Gasteiger partial charge >= 0.3 is 0 Å². The molecule has 0 spiro atoms. The number of rotatable bonds is 1. The molecule has 2 fully saturated rings. The zero-order valence-electron chi connectivity index (χ0n) is 11.3. The molecule has 0 aromatic heterocycles. The number of hydrogen-bond acceptors (Lipinski definition) is 2. The maximum atomic E-state index is 12.7. The molecule has 2 aliphatic heterocycles. The number of benzene rings is 1. The third-order valence-corrected chi connectivity index (χ3v) is 4.91. The Hall–Kier alpha value is -1.06. The molecule has 0 saturated carbocycles. The molecule has 19 heavy (non-hydrogen) atoms. The number of halogens is 1. The molecule has 0 bridgehead atoms. The van der Waals surface area contributed by atoms with Crippen LogP contribution in [0.1, 0.15) is 24.2 Å². The fourth-order valence-corrected chi connectivity index (χ4v) is 3.73. The molecule has 2 atom stereocenters. The van der Waals surface area contributed by atoms with Gasteiger partial charge in [0.1, 0.15) is 0 Å². The SMILES string of the molecule is CC1(C)C2CNCC2CN1C(=O)c1cccc(Cl)c1. The molecule has 102 valence electrons. The van der Waals surface area contributed by atoms with Gasteiger partial charge in [-0.3, -0.25) is 4.79 Å². The second-order valence-corrected chi connectivity index (χ2v) is 6.54. The molecule has 1 aromatic carbocycles. The lowest BCUT2D eigenvalue weighted by Gasteiger charge is -2.35. The van der Waals surface area contributed by atoms with Crippen LogP contribution in [-0.4, -0.2) is 36.0 Å². The topological polar surface area (TPSA) is 32.3 Å². The van der Waals surface area contributed by atoms with Gasteiger partial charge in [-0.25, -0.2) is 0 Å². The molecule has 2 heterocycles. The van der Waals surface area contributed by atoms with Crippen molar-refractivity contribution in [2.24, 2.45) is 11.8 Å². The van der Waals surface area contributed by atoms with Crippen LogP contribution in [0.15, 0.2) is 24.3 Å². The van der Waals surface area contributed by atoms with Crippen LogP contribution in [-0.2, 0) is 0 Å². The van der Waals surface area contributed by atoms with Gasteiger partial charge in [0, 0.05) is 35.8 Å². The lowest BCUT2D eigenvalue weighted by molar-refractivity contribution is 0.0603. The van der Waals surface area contributed by atoms with Crippen LogP contribution in [0.25, 0.3) is 0 Å². The number of hydrogen-bond donors (Lipinski definition) is 1. The maximum absolute atomic E-state index is 12.7. The quantitative estimate of drug-likeness (QED) is 0.856. The van der Waals surface area contributed by atoms with E-state index in [9.17, 15) is 4.79 Å². The van der Waals surface area contributed by atoms with Crippen molar-refractivity contribution in [3.8, 4) is 0 Å². The Balaban J connectivity index is 1.88. The third-order valence-electron chi connectivity index (χ3n) is 4.68. The van der Waals surface area contributed by atoms with Crippen LogP contribution in [0.4, 0.5) is 0 Å². The minimum atomic E-state index is -0.0897. The Labute approximate surface area is 118 Å². The number of nitrogens with one attached hydrogen (secondary N) is 1. The van der Waals surface area contributed by atoms with E-state index in [1.165, 1.54) is 0 Å². The van der Waals surface area contributed by atoms with Crippen LogP contribution < -0.4 is 5.32 Å².